The summed E-state index contributed by atoms with van der Waals surface area (Å²) in [6.45, 7) is 34.7. The van der Waals surface area contributed by atoms with Gasteiger partial charge in [0.1, 0.15) is 27.6 Å². The molecule has 0 amide bonds. The van der Waals surface area contributed by atoms with E-state index in [1.165, 1.54) is 58.5 Å². The molecular formula is C74H105BBrF3N4O14S. The first-order valence-corrected chi connectivity index (χ1v) is 36.9. The minimum atomic E-state index is -5.53. The van der Waals surface area contributed by atoms with E-state index < -0.39 is 51.0 Å². The average molecular weight is 1450 g/mol. The van der Waals surface area contributed by atoms with Crippen LogP contribution >= 0.6 is 15.9 Å². The Morgan fingerprint density at radius 3 is 1.50 bits per heavy atom. The molecule has 0 radical (unpaired) electrons. The van der Waals surface area contributed by atoms with Gasteiger partial charge in [-0.05, 0) is 239 Å². The summed E-state index contributed by atoms with van der Waals surface area (Å²) in [6.07, 6.45) is 19.4. The lowest BCUT2D eigenvalue weighted by Crippen LogP contribution is -2.41. The largest absolute Gasteiger partial charge is 0.534 e. The fourth-order valence-electron chi connectivity index (χ4n) is 13.5. The highest BCUT2D eigenvalue weighted by Crippen LogP contribution is 2.46. The number of aliphatic carboxylic acids is 1. The number of ketones is 1. The van der Waals surface area contributed by atoms with Crippen molar-refractivity contribution < 1.29 is 78.3 Å². The van der Waals surface area contributed by atoms with Gasteiger partial charge in [-0.3, -0.25) is 14.2 Å². The van der Waals surface area contributed by atoms with Gasteiger partial charge >= 0.3 is 34.7 Å². The highest BCUT2D eigenvalue weighted by atomic mass is 79.9. The van der Waals surface area contributed by atoms with Crippen LogP contribution in [0.2, 0.25) is 0 Å². The second kappa shape index (κ2) is 33.3. The van der Waals surface area contributed by atoms with Crippen LogP contribution in [-0.2, 0) is 79.1 Å². The number of allylic oxidation sites excluding steroid dienone is 3. The van der Waals surface area contributed by atoms with Crippen LogP contribution in [0.5, 0.6) is 11.5 Å². The van der Waals surface area contributed by atoms with Crippen LogP contribution in [0.15, 0.2) is 72.0 Å². The SMILES string of the molecule is C=C(B1OC(C)(C)C(C)(C)O1)C1CCCC1.C=C(OS(=O)(=O)C(F)(F)F)C1CCCC1.C=C(c1nn(C)c(C(OC(C)(C)C)C(=O)O)c1-c1ccc2c(c1)CCCO2)C1CCCC1.CC(=O)C1CCCC1.COC(=O)C(OC(C)(C)C)c1c(-c2ccc3c(c2)CCCO3)c(Br)nn1C. The number of nitrogens with zero attached hydrogens (tertiary/aromatic N) is 4. The van der Waals surface area contributed by atoms with Crippen molar-refractivity contribution in [2.75, 3.05) is 20.3 Å². The number of carboxylic acid groups (broad SMARTS) is 1. The Bertz CT molecular complexity index is 3570. The number of hydrogen-bond donors (Lipinski definition) is 1. The number of fused-ring (bicyclic) bond motifs is 2. The van der Waals surface area contributed by atoms with Crippen LogP contribution in [0.1, 0.15) is 232 Å². The number of carbonyl (C=O) groups excluding carboxylic acids is 2. The van der Waals surface area contributed by atoms with Crippen molar-refractivity contribution in [1.82, 2.24) is 19.6 Å². The number of esters is 1. The Balaban J connectivity index is 0.000000184. The van der Waals surface area contributed by atoms with E-state index in [9.17, 15) is 41.1 Å². The van der Waals surface area contributed by atoms with Crippen molar-refractivity contribution in [1.29, 1.82) is 0 Å². The van der Waals surface area contributed by atoms with E-state index in [0.29, 0.717) is 52.4 Å². The van der Waals surface area contributed by atoms with E-state index >= 15 is 0 Å². The monoisotopic (exact) mass is 1450 g/mol. The number of benzene rings is 2. The number of carbonyl (C=O) groups is 3. The van der Waals surface area contributed by atoms with Gasteiger partial charge in [-0.25, -0.2) is 9.59 Å². The van der Waals surface area contributed by atoms with Gasteiger partial charge in [-0.2, -0.15) is 31.8 Å². The van der Waals surface area contributed by atoms with E-state index in [2.05, 4.69) is 84.8 Å². The third kappa shape index (κ3) is 20.5. The number of methoxy groups -OCH3 is 1. The van der Waals surface area contributed by atoms with Crippen LogP contribution < -0.4 is 9.47 Å². The van der Waals surface area contributed by atoms with Crippen molar-refractivity contribution in [3.8, 4) is 33.8 Å². The standard InChI is InChI=1S/C26H34N2O4.C20H25BrN2O4.C13H23BO2.C8H11F3O3S.C7H12O/c1-16(17-9-6-7-10-17)22-21(19-12-13-20-18(15-19)11-8-14-31-20)23(28(5)27-22)24(25(29)30)32-26(2,3)4;1-20(2,3)27-17(19(24)25-5)16-15(18(21)22-23(16)4)13-8-9-14-12(11-13)7-6-10-26-14;1-10(11-8-6-7-9-11)14-15-12(2,3)13(4,5)16-14;1-6(7-4-2-3-5-7)14-15(12,13)8(9,10)11;1-6(8)7-4-2-3-5-7/h12-13,15,17,24H,1,6-11,14H2,2-5H3,(H,29,30);8-9,11,17H,6-7,10H2,1-5H3;11H,1,6-9H2,2-5H3;7H,1-5H2;7H,2-5H2,1H3. The molecule has 1 saturated heterocycles. The van der Waals surface area contributed by atoms with E-state index in [0.717, 1.165) is 139 Å². The van der Waals surface area contributed by atoms with Crippen LogP contribution in [0.4, 0.5) is 13.2 Å². The summed E-state index contributed by atoms with van der Waals surface area (Å²) in [5.74, 6) is 1.57. The Kier molecular flexibility index (Phi) is 27.1. The summed E-state index contributed by atoms with van der Waals surface area (Å²) in [7, 11) is -0.773. The van der Waals surface area contributed by atoms with Crippen molar-refractivity contribution in [2.24, 2.45) is 37.8 Å². The smallest absolute Gasteiger partial charge is 0.493 e. The van der Waals surface area contributed by atoms with Gasteiger partial charge in [0.25, 0.3) is 0 Å². The zero-order chi connectivity index (χ0) is 72.5. The molecule has 0 spiro atoms. The molecule has 0 bridgehead atoms. The lowest BCUT2D eigenvalue weighted by atomic mass is 9.71. The van der Waals surface area contributed by atoms with E-state index in [1.807, 2.05) is 65.8 Å². The van der Waals surface area contributed by atoms with Gasteiger partial charge in [-0.15, -0.1) is 6.58 Å². The van der Waals surface area contributed by atoms with Crippen LogP contribution in [0.25, 0.3) is 27.8 Å². The lowest BCUT2D eigenvalue weighted by molar-refractivity contribution is -0.165. The normalized spacial score (nSPS) is 19.3. The molecule has 11 rings (SSSR count). The highest BCUT2D eigenvalue weighted by molar-refractivity contribution is 9.10. The van der Waals surface area contributed by atoms with Gasteiger partial charge in [0.05, 0.1) is 59.8 Å². The molecule has 4 aliphatic carbocycles. The zero-order valence-corrected chi connectivity index (χ0v) is 62.5. The number of aryl methyl sites for hydroxylation is 4. The molecule has 98 heavy (non-hydrogen) atoms. The van der Waals surface area contributed by atoms with Crippen molar-refractivity contribution in [3.05, 3.63) is 100 Å². The third-order valence-corrected chi connectivity index (χ3v) is 21.0. The molecule has 24 heteroatoms. The minimum Gasteiger partial charge on any atom is -0.493 e. The summed E-state index contributed by atoms with van der Waals surface area (Å²) < 4.78 is 106. The molecule has 18 nitrogen and oxygen atoms in total. The summed E-state index contributed by atoms with van der Waals surface area (Å²) in [5.41, 5.74) is 2.96. The molecule has 7 aliphatic rings. The first kappa shape index (κ1) is 79.5. The Labute approximate surface area is 587 Å². The second-order valence-electron chi connectivity index (χ2n) is 29.7. The molecule has 3 aliphatic heterocycles. The van der Waals surface area contributed by atoms with Crippen molar-refractivity contribution in [2.45, 2.75) is 245 Å². The number of hydrogen-bond acceptors (Lipinski definition) is 15. The fourth-order valence-corrected chi connectivity index (χ4v) is 14.7. The number of aromatic nitrogens is 4. The molecule has 2 unspecified atom stereocenters. The number of alkyl halides is 3. The molecule has 2 aromatic carbocycles. The maximum Gasteiger partial charge on any atom is 0.534 e. The fraction of sp³-hybridized carbons (Fsp3) is 0.635. The summed E-state index contributed by atoms with van der Waals surface area (Å²) >= 11 is 3.55. The van der Waals surface area contributed by atoms with Crippen molar-refractivity contribution >= 4 is 56.5 Å². The molecule has 542 valence electrons. The van der Waals surface area contributed by atoms with Gasteiger partial charge < -0.3 is 42.3 Å². The van der Waals surface area contributed by atoms with Gasteiger partial charge in [-0.1, -0.05) is 76.7 Å². The van der Waals surface area contributed by atoms with Gasteiger partial charge in [0.15, 0.2) is 12.2 Å². The van der Waals surface area contributed by atoms with E-state index in [1.54, 1.807) is 30.4 Å². The molecule has 5 fully saturated rings. The number of ether oxygens (including phenoxy) is 5. The van der Waals surface area contributed by atoms with Crippen LogP contribution in [-0.4, -0.2) is 106 Å². The third-order valence-electron chi connectivity index (χ3n) is 19.4. The molecule has 4 aromatic rings. The van der Waals surface area contributed by atoms with E-state index in [-0.39, 0.29) is 30.0 Å². The predicted molar refractivity (Wildman–Crippen MR) is 377 cm³/mol. The van der Waals surface area contributed by atoms with E-state index in [4.69, 9.17) is 38.1 Å². The predicted octanol–water partition coefficient (Wildman–Crippen LogP) is 17.4. The zero-order valence-electron chi connectivity index (χ0n) is 60.1. The number of halogens is 4. The lowest BCUT2D eigenvalue weighted by Gasteiger charge is -2.32. The average Bonchev–Trinajstić information content (AvgIpc) is 1.61. The summed E-state index contributed by atoms with van der Waals surface area (Å²) in [6, 6.07) is 12.2. The Hall–Kier alpha value is -5.79. The maximum absolute atomic E-state index is 12.5. The number of rotatable bonds is 16. The molecule has 1 N–H and O–H groups in total. The van der Waals surface area contributed by atoms with Crippen LogP contribution in [0.3, 0.4) is 0 Å². The van der Waals surface area contributed by atoms with Gasteiger partial charge in [0.2, 0.25) is 0 Å². The molecule has 2 atom stereocenters. The quantitative estimate of drug-likeness (QED) is 0.0363. The number of carboxylic acids is 1. The molecule has 2 aromatic heterocycles. The number of Topliss-reactive ketones (excluding diaryl/α,β-unsaturated/α-hetero) is 1. The topological polar surface area (TPSA) is 215 Å². The molecule has 4 saturated carbocycles. The summed E-state index contributed by atoms with van der Waals surface area (Å²) in [4.78, 5) is 35.6. The first-order chi connectivity index (χ1) is 45.7. The van der Waals surface area contributed by atoms with Gasteiger partial charge in [0, 0.05) is 37.1 Å². The Morgan fingerprint density at radius 1 is 0.653 bits per heavy atom. The first-order valence-electron chi connectivity index (χ1n) is 34.7. The maximum atomic E-state index is 12.5. The minimum absolute atomic E-state index is 0.201. The summed E-state index contributed by atoms with van der Waals surface area (Å²) in [5, 5.41) is 19.4. The Morgan fingerprint density at radius 2 is 1.07 bits per heavy atom. The molecule has 5 heterocycles. The second-order valence-corrected chi connectivity index (χ2v) is 32.0. The van der Waals surface area contributed by atoms with Crippen LogP contribution in [0, 0.1) is 23.7 Å². The van der Waals surface area contributed by atoms with Crippen molar-refractivity contribution in [3.63, 3.8) is 0 Å². The molecular weight excluding hydrogens is 1350 g/mol. The highest BCUT2D eigenvalue weighted by Gasteiger charge is 2.53.